The molecular formula is C13H9ClN2O2S. The minimum Gasteiger partial charge on any atom is -0.476 e. The molecule has 3 N–H and O–H groups in total. The molecule has 1 aromatic carbocycles. The van der Waals surface area contributed by atoms with E-state index in [2.05, 4.69) is 4.98 Å². The van der Waals surface area contributed by atoms with Gasteiger partial charge in [0.25, 0.3) is 0 Å². The monoisotopic (exact) mass is 292 g/mol. The number of nitrogens with two attached hydrogens (primary N) is 1. The van der Waals surface area contributed by atoms with Crippen molar-refractivity contribution < 1.29 is 9.90 Å². The molecule has 2 rings (SSSR count). The van der Waals surface area contributed by atoms with E-state index in [1.165, 1.54) is 0 Å². The minimum absolute atomic E-state index is 0.0493. The number of nitrogens with zero attached hydrogens (tertiary/aromatic N) is 1. The Kier molecular flexibility index (Phi) is 3.78. The Morgan fingerprint density at radius 3 is 2.53 bits per heavy atom. The molecule has 0 unspecified atom stereocenters. The summed E-state index contributed by atoms with van der Waals surface area (Å²) in [5.74, 6) is -1.21. The van der Waals surface area contributed by atoms with Crippen LogP contribution in [-0.2, 0) is 0 Å². The Morgan fingerprint density at radius 1 is 1.37 bits per heavy atom. The molecule has 1 heterocycles. The van der Waals surface area contributed by atoms with Gasteiger partial charge in [-0.25, -0.2) is 9.78 Å². The van der Waals surface area contributed by atoms with Gasteiger partial charge in [-0.3, -0.25) is 0 Å². The highest BCUT2D eigenvalue weighted by atomic mass is 35.5. The van der Waals surface area contributed by atoms with Crippen LogP contribution in [0, 0.1) is 0 Å². The first-order valence-electron chi connectivity index (χ1n) is 5.28. The number of carboxylic acid groups (broad SMARTS) is 1. The molecule has 0 atom stereocenters. The lowest BCUT2D eigenvalue weighted by molar-refractivity contribution is 0.0691. The van der Waals surface area contributed by atoms with Crippen molar-refractivity contribution in [2.45, 2.75) is 0 Å². The molecule has 0 spiro atoms. The first-order valence-corrected chi connectivity index (χ1v) is 6.13. The second kappa shape index (κ2) is 5.34. The van der Waals surface area contributed by atoms with Crippen LogP contribution in [0.1, 0.15) is 16.1 Å². The number of rotatable bonds is 3. The minimum atomic E-state index is -1.21. The van der Waals surface area contributed by atoms with Gasteiger partial charge in [-0.1, -0.05) is 48.1 Å². The lowest BCUT2D eigenvalue weighted by Crippen LogP contribution is -2.05. The number of hydrogen-bond donors (Lipinski definition) is 2. The van der Waals surface area contributed by atoms with Crippen molar-refractivity contribution in [1.29, 1.82) is 0 Å². The number of hydrogen-bond acceptors (Lipinski definition) is 4. The van der Waals surface area contributed by atoms with E-state index in [0.29, 0.717) is 5.69 Å². The van der Waals surface area contributed by atoms with Crippen LogP contribution in [-0.4, -0.2) is 21.4 Å². The number of aromatic nitrogens is 1. The van der Waals surface area contributed by atoms with E-state index in [4.69, 9.17) is 34.7 Å². The highest BCUT2D eigenvalue weighted by Gasteiger charge is 2.15. The highest BCUT2D eigenvalue weighted by Crippen LogP contribution is 2.28. The maximum absolute atomic E-state index is 11.0. The molecule has 0 saturated heterocycles. The number of nitrogen functional groups attached to an aromatic ring is 1. The van der Waals surface area contributed by atoms with Crippen LogP contribution in [0.5, 0.6) is 0 Å². The average Bonchev–Trinajstić information content (AvgIpc) is 2.41. The summed E-state index contributed by atoms with van der Waals surface area (Å²) in [4.78, 5) is 15.0. The predicted octanol–water partition coefficient (Wildman–Crippen LogP) is 3.03. The van der Waals surface area contributed by atoms with Gasteiger partial charge in [0.05, 0.1) is 16.4 Å². The van der Waals surface area contributed by atoms with Crippen LogP contribution in [0.2, 0.25) is 5.02 Å². The van der Waals surface area contributed by atoms with E-state index in [9.17, 15) is 4.79 Å². The maximum atomic E-state index is 11.0. The van der Waals surface area contributed by atoms with Crippen molar-refractivity contribution in [1.82, 2.24) is 4.98 Å². The van der Waals surface area contributed by atoms with Gasteiger partial charge in [0, 0.05) is 10.9 Å². The summed E-state index contributed by atoms with van der Waals surface area (Å²) in [6.45, 7) is 0. The van der Waals surface area contributed by atoms with Gasteiger partial charge in [-0.15, -0.1) is 0 Å². The zero-order valence-corrected chi connectivity index (χ0v) is 11.2. The van der Waals surface area contributed by atoms with Gasteiger partial charge < -0.3 is 10.8 Å². The molecule has 6 heteroatoms. The third-order valence-corrected chi connectivity index (χ3v) is 3.20. The smallest absolute Gasteiger partial charge is 0.356 e. The second-order valence-corrected chi connectivity index (χ2v) is 4.42. The second-order valence-electron chi connectivity index (χ2n) is 3.80. The van der Waals surface area contributed by atoms with Gasteiger partial charge in [0.2, 0.25) is 0 Å². The van der Waals surface area contributed by atoms with Gasteiger partial charge in [-0.2, -0.15) is 0 Å². The summed E-state index contributed by atoms with van der Waals surface area (Å²) in [5.41, 5.74) is 7.71. The Labute approximate surface area is 119 Å². The number of benzene rings is 1. The van der Waals surface area contributed by atoms with Crippen molar-refractivity contribution >= 4 is 40.8 Å². The Balaban J connectivity index is 2.55. The predicted molar refractivity (Wildman–Crippen MR) is 78.8 cm³/mol. The average molecular weight is 293 g/mol. The molecule has 0 aliphatic rings. The fourth-order valence-corrected chi connectivity index (χ4v) is 1.91. The van der Waals surface area contributed by atoms with Crippen LogP contribution >= 0.6 is 23.8 Å². The Hall–Kier alpha value is -1.98. The number of aromatic carboxylic acids is 1. The largest absolute Gasteiger partial charge is 0.476 e. The summed E-state index contributed by atoms with van der Waals surface area (Å²) in [6, 6.07) is 8.75. The first kappa shape index (κ1) is 13.5. The Bertz CT molecular complexity index is 656. The van der Waals surface area contributed by atoms with Gasteiger partial charge >= 0.3 is 5.97 Å². The highest BCUT2D eigenvalue weighted by molar-refractivity contribution is 7.79. The standard InChI is InChI=1S/C13H9ClN2O2S/c14-11-9(15)5-10(16-12(11)13(17)18)8-3-1-7(6-19)2-4-8/h1-6H,(H2,15,16)(H,17,18). The zero-order chi connectivity index (χ0) is 14.0. The molecule has 0 aliphatic heterocycles. The summed E-state index contributed by atoms with van der Waals surface area (Å²) < 4.78 is 0. The molecule has 4 nitrogen and oxygen atoms in total. The third kappa shape index (κ3) is 2.72. The lowest BCUT2D eigenvalue weighted by atomic mass is 10.1. The fraction of sp³-hybridized carbons (Fsp3) is 0. The van der Waals surface area contributed by atoms with E-state index in [0.717, 1.165) is 11.1 Å². The van der Waals surface area contributed by atoms with Gasteiger partial charge in [-0.05, 0) is 11.6 Å². The topological polar surface area (TPSA) is 76.2 Å². The van der Waals surface area contributed by atoms with Crippen molar-refractivity contribution in [3.8, 4) is 11.3 Å². The summed E-state index contributed by atoms with van der Waals surface area (Å²) in [7, 11) is 0. The molecular weight excluding hydrogens is 284 g/mol. The van der Waals surface area contributed by atoms with Crippen molar-refractivity contribution in [2.75, 3.05) is 5.73 Å². The molecule has 0 saturated carbocycles. The molecule has 0 aliphatic carbocycles. The summed E-state index contributed by atoms with van der Waals surface area (Å²) in [5, 5.41) is 10.5. The number of thiocarbonyl (C=S) groups is 1. The molecule has 0 bridgehead atoms. The van der Waals surface area contributed by atoms with E-state index >= 15 is 0 Å². The SMILES string of the molecule is Nc1cc(-c2ccc(C=S)cc2)nc(C(=O)O)c1Cl. The third-order valence-electron chi connectivity index (χ3n) is 2.53. The van der Waals surface area contributed by atoms with Crippen molar-refractivity contribution in [2.24, 2.45) is 0 Å². The number of carbonyl (C=O) groups is 1. The van der Waals surface area contributed by atoms with E-state index in [1.54, 1.807) is 23.6 Å². The number of carboxylic acids is 1. The summed E-state index contributed by atoms with van der Waals surface area (Å²) >= 11 is 10.6. The van der Waals surface area contributed by atoms with Crippen LogP contribution in [0.15, 0.2) is 30.3 Å². The molecule has 0 radical (unpaired) electrons. The molecule has 2 aromatic rings. The van der Waals surface area contributed by atoms with Gasteiger partial charge in [0.1, 0.15) is 0 Å². The number of anilines is 1. The fourth-order valence-electron chi connectivity index (χ4n) is 1.57. The number of pyridine rings is 1. The van der Waals surface area contributed by atoms with Gasteiger partial charge in [0.15, 0.2) is 5.69 Å². The van der Waals surface area contributed by atoms with Crippen molar-refractivity contribution in [3.05, 3.63) is 46.6 Å². The lowest BCUT2D eigenvalue weighted by Gasteiger charge is -2.07. The molecule has 19 heavy (non-hydrogen) atoms. The maximum Gasteiger partial charge on any atom is 0.356 e. The van der Waals surface area contributed by atoms with Crippen LogP contribution < -0.4 is 5.73 Å². The van der Waals surface area contributed by atoms with Crippen LogP contribution in [0.25, 0.3) is 11.3 Å². The first-order chi connectivity index (χ1) is 9.02. The molecule has 0 fully saturated rings. The molecule has 0 amide bonds. The van der Waals surface area contributed by atoms with Crippen molar-refractivity contribution in [3.63, 3.8) is 0 Å². The quantitative estimate of drug-likeness (QED) is 0.850. The molecule has 96 valence electrons. The van der Waals surface area contributed by atoms with E-state index in [-0.39, 0.29) is 16.4 Å². The zero-order valence-electron chi connectivity index (χ0n) is 9.63. The van der Waals surface area contributed by atoms with E-state index < -0.39 is 5.97 Å². The Morgan fingerprint density at radius 2 is 2.00 bits per heavy atom. The number of halogens is 1. The van der Waals surface area contributed by atoms with Crippen LogP contribution in [0.4, 0.5) is 5.69 Å². The molecule has 1 aromatic heterocycles. The summed E-state index contributed by atoms with van der Waals surface area (Å²) in [6.07, 6.45) is 0. The normalized spacial score (nSPS) is 10.2. The van der Waals surface area contributed by atoms with E-state index in [1.807, 2.05) is 12.1 Å². The van der Waals surface area contributed by atoms with Crippen LogP contribution in [0.3, 0.4) is 0 Å².